The lowest BCUT2D eigenvalue weighted by Crippen LogP contribution is -2.29. The molecule has 1 aliphatic rings. The molecule has 1 aliphatic heterocycles. The minimum absolute atomic E-state index is 0. The van der Waals surface area contributed by atoms with Gasteiger partial charge < -0.3 is 5.73 Å². The lowest BCUT2D eigenvalue weighted by Gasteiger charge is -2.17. The Bertz CT molecular complexity index is 362. The first-order chi connectivity index (χ1) is 7.56. The van der Waals surface area contributed by atoms with Crippen molar-refractivity contribution < 1.29 is 0 Å². The summed E-state index contributed by atoms with van der Waals surface area (Å²) in [6.45, 7) is 10.0. The van der Waals surface area contributed by atoms with E-state index in [1.165, 1.54) is 34.8 Å². The van der Waals surface area contributed by atoms with Crippen LogP contribution in [0.3, 0.4) is 0 Å². The van der Waals surface area contributed by atoms with Crippen LogP contribution in [0.4, 0.5) is 0 Å². The molecule has 0 spiro atoms. The maximum atomic E-state index is 5.96. The highest BCUT2D eigenvalue weighted by Gasteiger charge is 2.25. The summed E-state index contributed by atoms with van der Waals surface area (Å²) in [6, 6.07) is 2.68. The van der Waals surface area contributed by atoms with Crippen LogP contribution in [0.5, 0.6) is 0 Å². The number of nitrogens with two attached hydrogens (primary N) is 1. The minimum atomic E-state index is 0. The van der Waals surface area contributed by atoms with Gasteiger partial charge in [-0.1, -0.05) is 0 Å². The van der Waals surface area contributed by atoms with E-state index >= 15 is 0 Å². The summed E-state index contributed by atoms with van der Waals surface area (Å²) in [5.74, 6) is 0.694. The summed E-state index contributed by atoms with van der Waals surface area (Å²) in [6.07, 6.45) is 1.26. The van der Waals surface area contributed by atoms with Gasteiger partial charge in [0.15, 0.2) is 0 Å². The van der Waals surface area contributed by atoms with E-state index in [2.05, 4.69) is 31.7 Å². The molecule has 2 nitrogen and oxygen atoms in total. The Morgan fingerprint density at radius 1 is 1.53 bits per heavy atom. The first-order valence-corrected chi connectivity index (χ1v) is 6.91. The van der Waals surface area contributed by atoms with Crippen LogP contribution in [0.1, 0.15) is 28.7 Å². The summed E-state index contributed by atoms with van der Waals surface area (Å²) in [5.41, 5.74) is 7.47. The van der Waals surface area contributed by atoms with Crippen molar-refractivity contribution in [2.24, 2.45) is 11.7 Å². The van der Waals surface area contributed by atoms with E-state index in [1.54, 1.807) is 0 Å². The molecule has 1 saturated heterocycles. The summed E-state index contributed by atoms with van der Waals surface area (Å²) >= 11 is 1.91. The van der Waals surface area contributed by atoms with Gasteiger partial charge >= 0.3 is 0 Å². The third-order valence-corrected chi connectivity index (χ3v) is 4.60. The molecule has 1 aromatic heterocycles. The van der Waals surface area contributed by atoms with Crippen LogP contribution in [0.25, 0.3) is 0 Å². The van der Waals surface area contributed by atoms with Crippen molar-refractivity contribution >= 4 is 23.7 Å². The molecule has 2 unspecified atom stereocenters. The highest BCUT2D eigenvalue weighted by Crippen LogP contribution is 2.25. The van der Waals surface area contributed by atoms with Gasteiger partial charge in [-0.2, -0.15) is 0 Å². The zero-order chi connectivity index (χ0) is 11.7. The molecule has 1 aromatic rings. The predicted octanol–water partition coefficient (Wildman–Crippen LogP) is 2.96. The highest BCUT2D eigenvalue weighted by atomic mass is 35.5. The molecular formula is C13H23ClN2S. The van der Waals surface area contributed by atoms with Crippen LogP contribution in [0.15, 0.2) is 6.07 Å². The molecule has 0 amide bonds. The summed E-state index contributed by atoms with van der Waals surface area (Å²) in [5, 5.41) is 0. The predicted molar refractivity (Wildman–Crippen MR) is 78.1 cm³/mol. The second kappa shape index (κ2) is 6.19. The van der Waals surface area contributed by atoms with E-state index in [1.807, 2.05) is 11.3 Å². The van der Waals surface area contributed by atoms with Gasteiger partial charge in [0.2, 0.25) is 0 Å². The number of hydrogen-bond acceptors (Lipinski definition) is 3. The zero-order valence-corrected chi connectivity index (χ0v) is 12.5. The number of nitrogens with zero attached hydrogens (tertiary/aromatic N) is 1. The fourth-order valence-corrected chi connectivity index (χ4v) is 3.46. The van der Waals surface area contributed by atoms with Gasteiger partial charge in [0.25, 0.3) is 0 Å². The molecule has 4 heteroatoms. The molecule has 2 heterocycles. The Labute approximate surface area is 115 Å². The van der Waals surface area contributed by atoms with Gasteiger partial charge in [0.1, 0.15) is 0 Å². The van der Waals surface area contributed by atoms with Gasteiger partial charge in [-0.15, -0.1) is 23.7 Å². The van der Waals surface area contributed by atoms with Gasteiger partial charge in [0.05, 0.1) is 0 Å². The molecule has 17 heavy (non-hydrogen) atoms. The van der Waals surface area contributed by atoms with Crippen molar-refractivity contribution in [1.29, 1.82) is 0 Å². The highest BCUT2D eigenvalue weighted by molar-refractivity contribution is 7.12. The normalized spacial score (nSPS) is 22.5. The molecule has 0 aliphatic carbocycles. The maximum absolute atomic E-state index is 5.96. The minimum Gasteiger partial charge on any atom is -0.328 e. The average molecular weight is 275 g/mol. The van der Waals surface area contributed by atoms with E-state index < -0.39 is 0 Å². The van der Waals surface area contributed by atoms with E-state index in [0.29, 0.717) is 12.0 Å². The maximum Gasteiger partial charge on any atom is 0.0244 e. The fourth-order valence-electron chi connectivity index (χ4n) is 2.52. The molecule has 2 atom stereocenters. The molecule has 0 saturated carbocycles. The smallest absolute Gasteiger partial charge is 0.0244 e. The van der Waals surface area contributed by atoms with E-state index in [-0.39, 0.29) is 12.4 Å². The molecule has 98 valence electrons. The first kappa shape index (κ1) is 15.0. The Kier molecular flexibility index (Phi) is 5.45. The Balaban J connectivity index is 0.00000144. The van der Waals surface area contributed by atoms with Crippen LogP contribution >= 0.6 is 23.7 Å². The summed E-state index contributed by atoms with van der Waals surface area (Å²) < 4.78 is 0. The van der Waals surface area contributed by atoms with E-state index in [4.69, 9.17) is 5.73 Å². The Morgan fingerprint density at radius 2 is 2.24 bits per heavy atom. The van der Waals surface area contributed by atoms with Crippen LogP contribution in [0.2, 0.25) is 0 Å². The van der Waals surface area contributed by atoms with Crippen LogP contribution in [-0.2, 0) is 6.54 Å². The standard InChI is InChI=1S/C13H22N2S.ClH/c1-9-6-13(11(3)16-9)8-15-5-4-12(7-15)10(2)14;/h6,10,12H,4-5,7-8,14H2,1-3H3;1H. The van der Waals surface area contributed by atoms with Gasteiger partial charge in [0, 0.05) is 28.9 Å². The van der Waals surface area contributed by atoms with Crippen molar-refractivity contribution in [1.82, 2.24) is 4.90 Å². The molecule has 0 aromatic carbocycles. The molecule has 2 rings (SSSR count). The van der Waals surface area contributed by atoms with Gasteiger partial charge in [-0.3, -0.25) is 4.90 Å². The number of halogens is 1. The van der Waals surface area contributed by atoms with E-state index in [0.717, 1.165) is 6.54 Å². The number of rotatable bonds is 3. The lowest BCUT2D eigenvalue weighted by atomic mass is 10.0. The molecule has 0 bridgehead atoms. The second-order valence-corrected chi connectivity index (χ2v) is 6.54. The fraction of sp³-hybridized carbons (Fsp3) is 0.692. The molecular weight excluding hydrogens is 252 g/mol. The Morgan fingerprint density at radius 3 is 2.71 bits per heavy atom. The lowest BCUT2D eigenvalue weighted by molar-refractivity contribution is 0.308. The first-order valence-electron chi connectivity index (χ1n) is 6.10. The number of thiophene rings is 1. The molecule has 2 N–H and O–H groups in total. The topological polar surface area (TPSA) is 29.3 Å². The summed E-state index contributed by atoms with van der Waals surface area (Å²) in [4.78, 5) is 5.44. The molecule has 0 radical (unpaired) electrons. The largest absolute Gasteiger partial charge is 0.328 e. The van der Waals surface area contributed by atoms with Crippen molar-refractivity contribution in [3.8, 4) is 0 Å². The van der Waals surface area contributed by atoms with Crippen molar-refractivity contribution in [2.45, 2.75) is 39.8 Å². The number of aryl methyl sites for hydroxylation is 2. The average Bonchev–Trinajstić information content (AvgIpc) is 2.75. The monoisotopic (exact) mass is 274 g/mol. The summed E-state index contributed by atoms with van der Waals surface area (Å²) in [7, 11) is 0. The quantitative estimate of drug-likeness (QED) is 0.918. The van der Waals surface area contributed by atoms with E-state index in [9.17, 15) is 0 Å². The second-order valence-electron chi connectivity index (χ2n) is 5.08. The van der Waals surface area contributed by atoms with Crippen molar-refractivity contribution in [3.63, 3.8) is 0 Å². The number of likely N-dealkylation sites (tertiary alicyclic amines) is 1. The third-order valence-electron chi connectivity index (χ3n) is 3.59. The van der Waals surface area contributed by atoms with Crippen LogP contribution in [0, 0.1) is 19.8 Å². The van der Waals surface area contributed by atoms with Crippen molar-refractivity contribution in [2.75, 3.05) is 13.1 Å². The number of hydrogen-bond donors (Lipinski definition) is 1. The Hall–Kier alpha value is -0.0900. The SMILES string of the molecule is Cc1cc(CN2CCC(C(C)N)C2)c(C)s1.Cl. The van der Waals surface area contributed by atoms with Gasteiger partial charge in [-0.25, -0.2) is 0 Å². The van der Waals surface area contributed by atoms with Crippen LogP contribution in [-0.4, -0.2) is 24.0 Å². The van der Waals surface area contributed by atoms with Crippen molar-refractivity contribution in [3.05, 3.63) is 21.4 Å². The van der Waals surface area contributed by atoms with Gasteiger partial charge in [-0.05, 0) is 51.3 Å². The molecule has 1 fully saturated rings. The zero-order valence-electron chi connectivity index (χ0n) is 10.9. The van der Waals surface area contributed by atoms with Crippen LogP contribution < -0.4 is 5.73 Å². The third kappa shape index (κ3) is 3.68.